The molecule has 0 fully saturated rings. The molecule has 6 rings (SSSR count). The predicted octanol–water partition coefficient (Wildman–Crippen LogP) is 7.19. The first-order chi connectivity index (χ1) is 16.2. The van der Waals surface area contributed by atoms with Crippen molar-refractivity contribution in [2.24, 2.45) is 0 Å². The molecular formula is C28H17F2N3. The first-order valence-corrected chi connectivity index (χ1v) is 10.6. The average molecular weight is 433 g/mol. The minimum Gasteiger partial charge on any atom is -0.309 e. The van der Waals surface area contributed by atoms with Crippen LogP contribution in [0.2, 0.25) is 0 Å². The van der Waals surface area contributed by atoms with Gasteiger partial charge >= 0.3 is 0 Å². The molecule has 5 heteroatoms. The summed E-state index contributed by atoms with van der Waals surface area (Å²) in [5, 5.41) is 1.31. The zero-order valence-electron chi connectivity index (χ0n) is 17.4. The first-order valence-electron chi connectivity index (χ1n) is 10.6. The van der Waals surface area contributed by atoms with Crippen molar-refractivity contribution < 1.29 is 8.78 Å². The molecule has 3 heterocycles. The van der Waals surface area contributed by atoms with Crippen molar-refractivity contribution in [1.29, 1.82) is 0 Å². The number of fused-ring (bicyclic) bond motifs is 3. The number of pyridine rings is 2. The molecule has 0 amide bonds. The topological polar surface area (TPSA) is 30.7 Å². The van der Waals surface area contributed by atoms with Crippen molar-refractivity contribution in [3.8, 4) is 28.3 Å². The zero-order chi connectivity index (χ0) is 22.4. The van der Waals surface area contributed by atoms with Crippen LogP contribution in [-0.2, 0) is 0 Å². The molecule has 0 aliphatic rings. The molecule has 6 aromatic rings. The summed E-state index contributed by atoms with van der Waals surface area (Å²) in [6.07, 6.45) is 1.73. The van der Waals surface area contributed by atoms with Gasteiger partial charge in [0.25, 0.3) is 0 Å². The van der Waals surface area contributed by atoms with Crippen LogP contribution in [0.5, 0.6) is 0 Å². The van der Waals surface area contributed by atoms with Gasteiger partial charge in [-0.05, 0) is 60.7 Å². The normalized spacial score (nSPS) is 11.3. The Balaban J connectivity index is 1.70. The Hall–Kier alpha value is -4.38. The van der Waals surface area contributed by atoms with E-state index in [0.29, 0.717) is 16.5 Å². The molecule has 0 spiro atoms. The Morgan fingerprint density at radius 1 is 0.576 bits per heavy atom. The van der Waals surface area contributed by atoms with Crippen LogP contribution in [0.15, 0.2) is 103 Å². The second-order valence-corrected chi connectivity index (χ2v) is 7.84. The minimum absolute atomic E-state index is 0.361. The number of benzene rings is 3. The van der Waals surface area contributed by atoms with E-state index in [4.69, 9.17) is 4.98 Å². The smallest absolute Gasteiger partial charge is 0.123 e. The molecule has 3 nitrogen and oxygen atoms in total. The number of nitrogens with zero attached hydrogens (tertiary/aromatic N) is 3. The summed E-state index contributed by atoms with van der Waals surface area (Å²) in [5.74, 6) is -0.723. The van der Waals surface area contributed by atoms with Gasteiger partial charge in [-0.25, -0.2) is 13.8 Å². The molecule has 0 saturated carbocycles. The maximum atomic E-state index is 14.1. The van der Waals surface area contributed by atoms with Crippen molar-refractivity contribution >= 4 is 21.8 Å². The third kappa shape index (κ3) is 3.34. The van der Waals surface area contributed by atoms with Gasteiger partial charge in [-0.15, -0.1) is 0 Å². The lowest BCUT2D eigenvalue weighted by molar-refractivity contribution is 0.628. The van der Waals surface area contributed by atoms with E-state index < -0.39 is 0 Å². The van der Waals surface area contributed by atoms with Crippen molar-refractivity contribution in [3.63, 3.8) is 0 Å². The van der Waals surface area contributed by atoms with Crippen LogP contribution in [0.1, 0.15) is 0 Å². The lowest BCUT2D eigenvalue weighted by Gasteiger charge is -2.13. The van der Waals surface area contributed by atoms with Gasteiger partial charge in [0, 0.05) is 22.5 Å². The Morgan fingerprint density at radius 3 is 1.85 bits per heavy atom. The van der Waals surface area contributed by atoms with E-state index in [1.54, 1.807) is 18.3 Å². The monoisotopic (exact) mass is 433 g/mol. The maximum Gasteiger partial charge on any atom is 0.123 e. The summed E-state index contributed by atoms with van der Waals surface area (Å²) in [6, 6.07) is 28.8. The quantitative estimate of drug-likeness (QED) is 0.296. The summed E-state index contributed by atoms with van der Waals surface area (Å²) in [6.45, 7) is 0. The molecule has 0 atom stereocenters. The summed E-state index contributed by atoms with van der Waals surface area (Å²) in [7, 11) is 0. The molecule has 0 aliphatic heterocycles. The van der Waals surface area contributed by atoms with Gasteiger partial charge < -0.3 is 4.57 Å². The second kappa shape index (κ2) is 7.64. The van der Waals surface area contributed by atoms with Gasteiger partial charge in [-0.2, -0.15) is 0 Å². The van der Waals surface area contributed by atoms with E-state index in [-0.39, 0.29) is 11.6 Å². The number of halogens is 2. The summed E-state index contributed by atoms with van der Waals surface area (Å²) in [4.78, 5) is 9.36. The summed E-state index contributed by atoms with van der Waals surface area (Å²) in [5.41, 5.74) is 5.62. The number of hydrogen-bond acceptors (Lipinski definition) is 2. The van der Waals surface area contributed by atoms with E-state index in [9.17, 15) is 8.78 Å². The highest BCUT2D eigenvalue weighted by Crippen LogP contribution is 2.35. The molecule has 0 radical (unpaired) electrons. The fraction of sp³-hybridized carbons (Fsp3) is 0. The van der Waals surface area contributed by atoms with Crippen LogP contribution < -0.4 is 0 Å². The largest absolute Gasteiger partial charge is 0.309 e. The molecule has 0 aliphatic carbocycles. The first kappa shape index (κ1) is 19.3. The Kier molecular flexibility index (Phi) is 4.47. The standard InChI is InChI=1S/C28H17F2N3/c29-19-9-11-27-22(14-19)23-15-20(30)10-12-28(23)33(27)21-16-25(18-6-2-1-3-7-18)32-26(17-21)24-8-4-5-13-31-24/h1-17H. The Bertz CT molecular complexity index is 1510. The van der Waals surface area contributed by atoms with Crippen LogP contribution in [0.4, 0.5) is 8.78 Å². The van der Waals surface area contributed by atoms with Gasteiger partial charge in [-0.3, -0.25) is 4.98 Å². The maximum absolute atomic E-state index is 14.1. The minimum atomic E-state index is -0.361. The van der Waals surface area contributed by atoms with Gasteiger partial charge in [-0.1, -0.05) is 36.4 Å². The summed E-state index contributed by atoms with van der Waals surface area (Å²) >= 11 is 0. The SMILES string of the molecule is Fc1ccc2c(c1)c1cc(F)ccc1n2-c1cc(-c2ccccc2)nc(-c2ccccn2)c1. The number of hydrogen-bond donors (Lipinski definition) is 0. The lowest BCUT2D eigenvalue weighted by Crippen LogP contribution is -1.99. The van der Waals surface area contributed by atoms with E-state index >= 15 is 0 Å². The average Bonchev–Trinajstić information content (AvgIpc) is 3.17. The molecule has 0 N–H and O–H groups in total. The predicted molar refractivity (Wildman–Crippen MR) is 127 cm³/mol. The van der Waals surface area contributed by atoms with E-state index in [0.717, 1.165) is 33.7 Å². The van der Waals surface area contributed by atoms with Gasteiger partial charge in [0.2, 0.25) is 0 Å². The highest BCUT2D eigenvalue weighted by molar-refractivity contribution is 6.09. The van der Waals surface area contributed by atoms with Crippen molar-refractivity contribution in [2.45, 2.75) is 0 Å². The molecule has 33 heavy (non-hydrogen) atoms. The van der Waals surface area contributed by atoms with Crippen molar-refractivity contribution in [2.75, 3.05) is 0 Å². The third-order valence-corrected chi connectivity index (χ3v) is 5.75. The zero-order valence-corrected chi connectivity index (χ0v) is 17.4. The molecular weight excluding hydrogens is 416 g/mol. The highest BCUT2D eigenvalue weighted by atomic mass is 19.1. The van der Waals surface area contributed by atoms with Crippen LogP contribution in [-0.4, -0.2) is 14.5 Å². The van der Waals surface area contributed by atoms with E-state index in [1.807, 2.05) is 65.2 Å². The molecule has 0 saturated heterocycles. The van der Waals surface area contributed by atoms with Gasteiger partial charge in [0.1, 0.15) is 11.6 Å². The molecule has 158 valence electrons. The van der Waals surface area contributed by atoms with Crippen LogP contribution in [0.25, 0.3) is 50.1 Å². The fourth-order valence-electron chi connectivity index (χ4n) is 4.29. The molecule has 3 aromatic heterocycles. The van der Waals surface area contributed by atoms with Gasteiger partial charge in [0.15, 0.2) is 0 Å². The summed E-state index contributed by atoms with van der Waals surface area (Å²) < 4.78 is 30.3. The van der Waals surface area contributed by atoms with E-state index in [2.05, 4.69) is 4.98 Å². The number of rotatable bonds is 3. The second-order valence-electron chi connectivity index (χ2n) is 7.84. The Labute approximate surface area is 188 Å². The van der Waals surface area contributed by atoms with E-state index in [1.165, 1.54) is 24.3 Å². The number of aromatic nitrogens is 3. The van der Waals surface area contributed by atoms with Crippen LogP contribution in [0.3, 0.4) is 0 Å². The fourth-order valence-corrected chi connectivity index (χ4v) is 4.29. The van der Waals surface area contributed by atoms with Crippen LogP contribution in [0, 0.1) is 11.6 Å². The molecule has 0 bridgehead atoms. The lowest BCUT2D eigenvalue weighted by atomic mass is 10.1. The molecule has 3 aromatic carbocycles. The highest BCUT2D eigenvalue weighted by Gasteiger charge is 2.16. The van der Waals surface area contributed by atoms with Crippen molar-refractivity contribution in [3.05, 3.63) is 115 Å². The van der Waals surface area contributed by atoms with Crippen LogP contribution >= 0.6 is 0 Å². The van der Waals surface area contributed by atoms with Gasteiger partial charge in [0.05, 0.1) is 33.8 Å². The third-order valence-electron chi connectivity index (χ3n) is 5.75. The van der Waals surface area contributed by atoms with Crippen molar-refractivity contribution in [1.82, 2.24) is 14.5 Å². The molecule has 0 unspecified atom stereocenters. The Morgan fingerprint density at radius 2 is 1.21 bits per heavy atom.